The van der Waals surface area contributed by atoms with Crippen molar-refractivity contribution >= 4 is 22.5 Å². The number of fused-ring (bicyclic) bond motifs is 1. The summed E-state index contributed by atoms with van der Waals surface area (Å²) >= 11 is 2.03. The third-order valence-corrected chi connectivity index (χ3v) is 5.93. The lowest BCUT2D eigenvalue weighted by Crippen LogP contribution is -2.41. The standard InChI is InChI=1S/C19H25NS/c1-14(20-18-12-5-6-13-19(18)21-2)16-11-7-9-15-8-3-4-10-17(15)16/h3-4,7-11,14,18-20H,5-6,12-13H2,1-2H3. The lowest BCUT2D eigenvalue weighted by Gasteiger charge is -2.33. The second kappa shape index (κ2) is 6.85. The van der Waals surface area contributed by atoms with Crippen LogP contribution in [-0.2, 0) is 0 Å². The van der Waals surface area contributed by atoms with Gasteiger partial charge in [0, 0.05) is 17.3 Å². The fourth-order valence-corrected chi connectivity index (χ4v) is 4.55. The predicted octanol–water partition coefficient (Wildman–Crippen LogP) is 5.16. The molecule has 112 valence electrons. The van der Waals surface area contributed by atoms with Gasteiger partial charge in [-0.25, -0.2) is 0 Å². The lowest BCUT2D eigenvalue weighted by atomic mass is 9.92. The van der Waals surface area contributed by atoms with Crippen molar-refractivity contribution in [2.75, 3.05) is 6.26 Å². The minimum absolute atomic E-state index is 0.411. The molecule has 3 atom stereocenters. The molecule has 1 saturated carbocycles. The highest BCUT2D eigenvalue weighted by Crippen LogP contribution is 2.30. The molecule has 2 heteroatoms. The smallest absolute Gasteiger partial charge is 0.0300 e. The molecule has 0 amide bonds. The Bertz CT molecular complexity index is 590. The van der Waals surface area contributed by atoms with E-state index in [1.807, 2.05) is 11.8 Å². The van der Waals surface area contributed by atoms with E-state index in [2.05, 4.69) is 61.0 Å². The van der Waals surface area contributed by atoms with E-state index < -0.39 is 0 Å². The second-order valence-electron chi connectivity index (χ2n) is 6.12. The first-order valence-electron chi connectivity index (χ1n) is 8.06. The fraction of sp³-hybridized carbons (Fsp3) is 0.474. The molecule has 1 fully saturated rings. The van der Waals surface area contributed by atoms with E-state index in [1.165, 1.54) is 42.0 Å². The summed E-state index contributed by atoms with van der Waals surface area (Å²) in [4.78, 5) is 0. The molecule has 0 spiro atoms. The monoisotopic (exact) mass is 299 g/mol. The first-order valence-corrected chi connectivity index (χ1v) is 9.35. The zero-order valence-corrected chi connectivity index (χ0v) is 13.8. The number of benzene rings is 2. The second-order valence-corrected chi connectivity index (χ2v) is 7.20. The highest BCUT2D eigenvalue weighted by Gasteiger charge is 2.25. The van der Waals surface area contributed by atoms with E-state index in [9.17, 15) is 0 Å². The van der Waals surface area contributed by atoms with Gasteiger partial charge < -0.3 is 5.32 Å². The predicted molar refractivity (Wildman–Crippen MR) is 95.1 cm³/mol. The Hall–Kier alpha value is -0.990. The van der Waals surface area contributed by atoms with Crippen LogP contribution in [-0.4, -0.2) is 17.5 Å². The van der Waals surface area contributed by atoms with Crippen LogP contribution in [0.3, 0.4) is 0 Å². The van der Waals surface area contributed by atoms with Gasteiger partial charge in [-0.15, -0.1) is 0 Å². The summed E-state index contributed by atoms with van der Waals surface area (Å²) in [6, 6.07) is 16.4. The van der Waals surface area contributed by atoms with Crippen molar-refractivity contribution in [3.8, 4) is 0 Å². The van der Waals surface area contributed by atoms with Crippen LogP contribution in [0.15, 0.2) is 42.5 Å². The van der Waals surface area contributed by atoms with E-state index >= 15 is 0 Å². The van der Waals surface area contributed by atoms with Crippen LogP contribution >= 0.6 is 11.8 Å². The molecule has 21 heavy (non-hydrogen) atoms. The number of nitrogens with one attached hydrogen (secondary N) is 1. The van der Waals surface area contributed by atoms with Crippen molar-refractivity contribution < 1.29 is 0 Å². The fourth-order valence-electron chi connectivity index (χ4n) is 3.61. The Morgan fingerprint density at radius 3 is 2.67 bits per heavy atom. The average Bonchev–Trinajstić information content (AvgIpc) is 2.54. The summed E-state index contributed by atoms with van der Waals surface area (Å²) < 4.78 is 0. The van der Waals surface area contributed by atoms with Gasteiger partial charge in [0.2, 0.25) is 0 Å². The van der Waals surface area contributed by atoms with Crippen molar-refractivity contribution in [2.45, 2.75) is 49.9 Å². The van der Waals surface area contributed by atoms with Gasteiger partial charge in [0.05, 0.1) is 0 Å². The summed E-state index contributed by atoms with van der Waals surface area (Å²) in [7, 11) is 0. The molecule has 1 N–H and O–H groups in total. The molecule has 0 radical (unpaired) electrons. The Morgan fingerprint density at radius 1 is 1.05 bits per heavy atom. The number of hydrogen-bond donors (Lipinski definition) is 1. The van der Waals surface area contributed by atoms with Crippen LogP contribution in [0.1, 0.15) is 44.2 Å². The summed E-state index contributed by atoms with van der Waals surface area (Å²) in [5.41, 5.74) is 1.43. The van der Waals surface area contributed by atoms with Gasteiger partial charge in [-0.1, -0.05) is 55.3 Å². The molecular weight excluding hydrogens is 274 g/mol. The van der Waals surface area contributed by atoms with Gasteiger partial charge in [-0.05, 0) is 42.4 Å². The minimum atomic E-state index is 0.411. The Morgan fingerprint density at radius 2 is 1.81 bits per heavy atom. The van der Waals surface area contributed by atoms with E-state index in [-0.39, 0.29) is 0 Å². The van der Waals surface area contributed by atoms with E-state index in [4.69, 9.17) is 0 Å². The maximum Gasteiger partial charge on any atom is 0.0300 e. The first kappa shape index (κ1) is 14.9. The Kier molecular flexibility index (Phi) is 4.87. The van der Waals surface area contributed by atoms with Crippen molar-refractivity contribution in [1.82, 2.24) is 5.32 Å². The zero-order valence-electron chi connectivity index (χ0n) is 13.0. The van der Waals surface area contributed by atoms with Gasteiger partial charge in [0.25, 0.3) is 0 Å². The number of thioether (sulfide) groups is 1. The lowest BCUT2D eigenvalue weighted by molar-refractivity contribution is 0.357. The summed E-state index contributed by atoms with van der Waals surface area (Å²) in [6.07, 6.45) is 7.71. The van der Waals surface area contributed by atoms with Crippen LogP contribution in [0.2, 0.25) is 0 Å². The van der Waals surface area contributed by atoms with E-state index in [0.29, 0.717) is 12.1 Å². The summed E-state index contributed by atoms with van der Waals surface area (Å²) in [5, 5.41) is 7.41. The Labute approximate surface area is 132 Å². The topological polar surface area (TPSA) is 12.0 Å². The molecule has 3 rings (SSSR count). The first-order chi connectivity index (χ1) is 10.3. The third kappa shape index (κ3) is 3.27. The molecule has 1 aliphatic rings. The zero-order chi connectivity index (χ0) is 14.7. The quantitative estimate of drug-likeness (QED) is 0.836. The van der Waals surface area contributed by atoms with E-state index in [1.54, 1.807) is 0 Å². The van der Waals surface area contributed by atoms with Crippen molar-refractivity contribution in [3.05, 3.63) is 48.0 Å². The maximum atomic E-state index is 3.91. The number of rotatable bonds is 4. The number of hydrogen-bond acceptors (Lipinski definition) is 2. The molecule has 0 aliphatic heterocycles. The van der Waals surface area contributed by atoms with Crippen LogP contribution in [0.25, 0.3) is 10.8 Å². The highest BCUT2D eigenvalue weighted by atomic mass is 32.2. The SMILES string of the molecule is CSC1CCCCC1NC(C)c1cccc2ccccc12. The molecule has 0 aromatic heterocycles. The van der Waals surface area contributed by atoms with Gasteiger partial charge >= 0.3 is 0 Å². The average molecular weight is 299 g/mol. The largest absolute Gasteiger partial charge is 0.306 e. The molecule has 0 heterocycles. The van der Waals surface area contributed by atoms with Crippen molar-refractivity contribution in [2.24, 2.45) is 0 Å². The summed E-state index contributed by atoms with van der Waals surface area (Å²) in [6.45, 7) is 2.31. The maximum absolute atomic E-state index is 3.91. The molecular formula is C19H25NS. The normalized spacial score (nSPS) is 24.1. The van der Waals surface area contributed by atoms with Crippen LogP contribution < -0.4 is 5.32 Å². The molecule has 1 aliphatic carbocycles. The molecule has 2 aromatic rings. The van der Waals surface area contributed by atoms with Gasteiger partial charge in [-0.2, -0.15) is 11.8 Å². The van der Waals surface area contributed by atoms with Gasteiger partial charge in [0.1, 0.15) is 0 Å². The highest BCUT2D eigenvalue weighted by molar-refractivity contribution is 7.99. The summed E-state index contributed by atoms with van der Waals surface area (Å²) in [5.74, 6) is 0. The van der Waals surface area contributed by atoms with Gasteiger partial charge in [-0.3, -0.25) is 0 Å². The molecule has 3 unspecified atom stereocenters. The van der Waals surface area contributed by atoms with Crippen molar-refractivity contribution in [1.29, 1.82) is 0 Å². The Balaban J connectivity index is 1.82. The van der Waals surface area contributed by atoms with Gasteiger partial charge in [0.15, 0.2) is 0 Å². The van der Waals surface area contributed by atoms with Crippen LogP contribution in [0, 0.1) is 0 Å². The van der Waals surface area contributed by atoms with E-state index in [0.717, 1.165) is 5.25 Å². The molecule has 0 saturated heterocycles. The van der Waals surface area contributed by atoms with Crippen LogP contribution in [0.4, 0.5) is 0 Å². The minimum Gasteiger partial charge on any atom is -0.306 e. The van der Waals surface area contributed by atoms with Crippen molar-refractivity contribution in [3.63, 3.8) is 0 Å². The molecule has 2 aromatic carbocycles. The third-order valence-electron chi connectivity index (χ3n) is 4.76. The molecule has 1 nitrogen and oxygen atoms in total. The molecule has 0 bridgehead atoms. The van der Waals surface area contributed by atoms with Crippen LogP contribution in [0.5, 0.6) is 0 Å².